The smallest absolute Gasteiger partial charge is 0.110 e. The summed E-state index contributed by atoms with van der Waals surface area (Å²) in [6.45, 7) is 2.09. The normalized spacial score (nSPS) is 27.2. The van der Waals surface area contributed by atoms with Crippen molar-refractivity contribution in [1.82, 2.24) is 10.2 Å². The highest BCUT2D eigenvalue weighted by atomic mass is 16.5. The molecule has 0 bridgehead atoms. The van der Waals surface area contributed by atoms with Crippen molar-refractivity contribution >= 4 is 0 Å². The molecule has 2 aliphatic rings. The van der Waals surface area contributed by atoms with Crippen LogP contribution in [0.2, 0.25) is 0 Å². The van der Waals surface area contributed by atoms with Crippen LogP contribution in [0.5, 0.6) is 0 Å². The third-order valence-electron chi connectivity index (χ3n) is 4.58. The molecule has 3 heteroatoms. The minimum Gasteiger partial charge on any atom is -0.497 e. The topological polar surface area (TPSA) is 24.5 Å². The monoisotopic (exact) mass is 252 g/mol. The van der Waals surface area contributed by atoms with Gasteiger partial charge in [-0.05, 0) is 45.9 Å². The van der Waals surface area contributed by atoms with Gasteiger partial charge in [-0.3, -0.25) is 0 Å². The summed E-state index contributed by atoms with van der Waals surface area (Å²) in [5.74, 6) is 0. The fourth-order valence-electron chi connectivity index (χ4n) is 3.19. The van der Waals surface area contributed by atoms with Crippen LogP contribution in [-0.4, -0.2) is 43.7 Å². The van der Waals surface area contributed by atoms with Gasteiger partial charge in [0, 0.05) is 18.6 Å². The van der Waals surface area contributed by atoms with E-state index in [4.69, 9.17) is 4.74 Å². The highest BCUT2D eigenvalue weighted by molar-refractivity contribution is 4.93. The van der Waals surface area contributed by atoms with Crippen molar-refractivity contribution < 1.29 is 4.74 Å². The van der Waals surface area contributed by atoms with Crippen molar-refractivity contribution in [3.63, 3.8) is 0 Å². The second-order valence-electron chi connectivity index (χ2n) is 6.02. The van der Waals surface area contributed by atoms with E-state index in [9.17, 15) is 0 Å². The zero-order chi connectivity index (χ0) is 12.8. The van der Waals surface area contributed by atoms with E-state index < -0.39 is 0 Å². The number of ether oxygens (including phenoxy) is 1. The van der Waals surface area contributed by atoms with Crippen molar-refractivity contribution in [2.45, 2.75) is 56.6 Å². The number of hydrogen-bond donors (Lipinski definition) is 1. The van der Waals surface area contributed by atoms with Crippen LogP contribution in [-0.2, 0) is 4.74 Å². The highest BCUT2D eigenvalue weighted by Crippen LogP contribution is 2.31. The van der Waals surface area contributed by atoms with Crippen LogP contribution < -0.4 is 5.32 Å². The van der Waals surface area contributed by atoms with Crippen LogP contribution in [0.3, 0.4) is 0 Å². The molecule has 1 N–H and O–H groups in total. The average molecular weight is 252 g/mol. The number of nitrogens with one attached hydrogen (secondary N) is 1. The van der Waals surface area contributed by atoms with Crippen molar-refractivity contribution in [2.24, 2.45) is 0 Å². The molecule has 0 aromatic rings. The van der Waals surface area contributed by atoms with Crippen LogP contribution in [0.25, 0.3) is 0 Å². The summed E-state index contributed by atoms with van der Waals surface area (Å²) < 4.78 is 5.60. The van der Waals surface area contributed by atoms with Gasteiger partial charge in [-0.25, -0.2) is 0 Å². The quantitative estimate of drug-likeness (QED) is 0.814. The molecule has 3 nitrogen and oxygen atoms in total. The molecular weight excluding hydrogens is 224 g/mol. The van der Waals surface area contributed by atoms with E-state index in [-0.39, 0.29) is 0 Å². The number of hydrogen-bond acceptors (Lipinski definition) is 3. The lowest BCUT2D eigenvalue weighted by Gasteiger charge is -2.43. The predicted molar refractivity (Wildman–Crippen MR) is 75.6 cm³/mol. The number of allylic oxidation sites excluding steroid dienone is 1. The number of nitrogens with zero attached hydrogens (tertiary/aromatic N) is 1. The highest BCUT2D eigenvalue weighted by Gasteiger charge is 2.33. The molecule has 0 radical (unpaired) electrons. The Labute approximate surface area is 112 Å². The Morgan fingerprint density at radius 3 is 2.67 bits per heavy atom. The van der Waals surface area contributed by atoms with Gasteiger partial charge in [-0.15, -0.1) is 0 Å². The average Bonchev–Trinajstić information content (AvgIpc) is 2.41. The molecular formula is C15H28N2O. The Balaban J connectivity index is 1.77. The van der Waals surface area contributed by atoms with Crippen molar-refractivity contribution in [1.29, 1.82) is 0 Å². The van der Waals surface area contributed by atoms with Crippen LogP contribution in [0, 0.1) is 0 Å². The summed E-state index contributed by atoms with van der Waals surface area (Å²) in [7, 11) is 4.46. The summed E-state index contributed by atoms with van der Waals surface area (Å²) in [6.07, 6.45) is 13.5. The maximum atomic E-state index is 5.60. The molecule has 0 saturated heterocycles. The molecule has 2 rings (SSSR count). The van der Waals surface area contributed by atoms with Crippen LogP contribution in [0.4, 0.5) is 0 Å². The third kappa shape index (κ3) is 3.48. The van der Waals surface area contributed by atoms with E-state index in [2.05, 4.69) is 30.4 Å². The molecule has 1 aliphatic carbocycles. The maximum Gasteiger partial charge on any atom is 0.110 e. The summed E-state index contributed by atoms with van der Waals surface area (Å²) in [5, 5.41) is 3.65. The third-order valence-corrected chi connectivity index (χ3v) is 4.58. The molecule has 1 atom stereocenters. The second-order valence-corrected chi connectivity index (χ2v) is 6.02. The first-order chi connectivity index (χ1) is 8.73. The first kappa shape index (κ1) is 13.9. The van der Waals surface area contributed by atoms with Crippen LogP contribution in [0.15, 0.2) is 12.3 Å². The Morgan fingerprint density at radius 1 is 1.28 bits per heavy atom. The van der Waals surface area contributed by atoms with Gasteiger partial charge >= 0.3 is 0 Å². The molecule has 0 spiro atoms. The molecule has 1 heterocycles. The molecule has 1 unspecified atom stereocenters. The van der Waals surface area contributed by atoms with Crippen molar-refractivity contribution in [3.05, 3.63) is 12.3 Å². The van der Waals surface area contributed by atoms with Crippen molar-refractivity contribution in [3.8, 4) is 0 Å². The summed E-state index contributed by atoms with van der Waals surface area (Å²) in [6, 6.07) is 0. The largest absolute Gasteiger partial charge is 0.497 e. The Bertz CT molecular complexity index is 270. The minimum atomic E-state index is 0.373. The van der Waals surface area contributed by atoms with Gasteiger partial charge in [-0.2, -0.15) is 0 Å². The minimum absolute atomic E-state index is 0.373. The Kier molecular flexibility index (Phi) is 5.07. The Morgan fingerprint density at radius 2 is 2.06 bits per heavy atom. The lowest BCUT2D eigenvalue weighted by molar-refractivity contribution is 0.0836. The van der Waals surface area contributed by atoms with E-state index in [0.717, 1.165) is 25.9 Å². The lowest BCUT2D eigenvalue weighted by atomic mass is 9.80. The predicted octanol–water partition coefficient (Wildman–Crippen LogP) is 2.53. The van der Waals surface area contributed by atoms with Gasteiger partial charge in [0.25, 0.3) is 0 Å². The molecule has 0 aromatic carbocycles. The maximum absolute atomic E-state index is 5.60. The molecule has 104 valence electrons. The van der Waals surface area contributed by atoms with Crippen LogP contribution >= 0.6 is 0 Å². The van der Waals surface area contributed by atoms with Gasteiger partial charge in [-0.1, -0.05) is 19.3 Å². The number of rotatable bonds is 5. The first-order valence-electron chi connectivity index (χ1n) is 7.42. The zero-order valence-electron chi connectivity index (χ0n) is 12.0. The molecule has 1 saturated carbocycles. The summed E-state index contributed by atoms with van der Waals surface area (Å²) in [5.41, 5.74) is 0.378. The summed E-state index contributed by atoms with van der Waals surface area (Å²) in [4.78, 5) is 2.43. The fraction of sp³-hybridized carbons (Fsp3) is 0.867. The van der Waals surface area contributed by atoms with E-state index in [0.29, 0.717) is 11.6 Å². The first-order valence-corrected chi connectivity index (χ1v) is 7.42. The van der Waals surface area contributed by atoms with Gasteiger partial charge < -0.3 is 15.0 Å². The molecule has 18 heavy (non-hydrogen) atoms. The molecule has 1 fully saturated rings. The number of likely N-dealkylation sites (N-methyl/N-ethyl adjacent to an activating group) is 1. The molecule has 0 amide bonds. The molecule has 1 aliphatic heterocycles. The van der Waals surface area contributed by atoms with Crippen molar-refractivity contribution in [2.75, 3.05) is 27.2 Å². The van der Waals surface area contributed by atoms with E-state index in [1.807, 2.05) is 6.26 Å². The molecule has 0 aromatic heterocycles. The van der Waals surface area contributed by atoms with Gasteiger partial charge in [0.15, 0.2) is 0 Å². The fourth-order valence-corrected chi connectivity index (χ4v) is 3.19. The zero-order valence-corrected chi connectivity index (χ0v) is 12.0. The van der Waals surface area contributed by atoms with Gasteiger partial charge in [0.1, 0.15) is 6.10 Å². The summed E-state index contributed by atoms with van der Waals surface area (Å²) >= 11 is 0. The van der Waals surface area contributed by atoms with E-state index in [1.165, 1.54) is 32.1 Å². The standard InChI is InChI=1S/C15H28N2O/c1-17(2)15(9-5-3-6-10-15)13-16-12-14-8-4-7-11-18-14/h7,11,14,16H,3-6,8-10,12-13H2,1-2H3. The van der Waals surface area contributed by atoms with Gasteiger partial charge in [0.2, 0.25) is 0 Å². The van der Waals surface area contributed by atoms with Crippen LogP contribution in [0.1, 0.15) is 44.9 Å². The van der Waals surface area contributed by atoms with Gasteiger partial charge in [0.05, 0.1) is 6.26 Å². The van der Waals surface area contributed by atoms with E-state index >= 15 is 0 Å². The lowest BCUT2D eigenvalue weighted by Crippen LogP contribution is -2.53. The SMILES string of the molecule is CN(C)C1(CNCC2CCC=CO2)CCCCC1. The Hall–Kier alpha value is -0.540. The van der Waals surface area contributed by atoms with E-state index in [1.54, 1.807) is 0 Å². The second kappa shape index (κ2) is 6.58.